The van der Waals surface area contributed by atoms with E-state index in [1.54, 1.807) is 0 Å². The summed E-state index contributed by atoms with van der Waals surface area (Å²) >= 11 is 21.7. The summed E-state index contributed by atoms with van der Waals surface area (Å²) in [6.45, 7) is -0.271. The molecule has 4 nitrogen and oxygen atoms in total. The fraction of sp³-hybridized carbons (Fsp3) is 1.00. The van der Waals surface area contributed by atoms with Crippen LogP contribution in [0.2, 0.25) is 0 Å². The molecule has 0 amide bonds. The molecule has 0 bridgehead atoms. The van der Waals surface area contributed by atoms with E-state index in [0.717, 1.165) is 0 Å². The lowest BCUT2D eigenvalue weighted by Crippen LogP contribution is -2.20. The summed E-state index contributed by atoms with van der Waals surface area (Å²) in [5.74, 6) is 0. The van der Waals surface area contributed by atoms with Gasteiger partial charge in [-0.15, -0.1) is 11.6 Å². The van der Waals surface area contributed by atoms with Gasteiger partial charge in [-0.1, -0.05) is 34.8 Å². The van der Waals surface area contributed by atoms with Crippen molar-refractivity contribution >= 4 is 54.2 Å². The Morgan fingerprint density at radius 3 is 2.15 bits per heavy atom. The Labute approximate surface area is 95.3 Å². The van der Waals surface area contributed by atoms with E-state index in [1.165, 1.54) is 0 Å². The summed E-state index contributed by atoms with van der Waals surface area (Å²) in [6, 6.07) is 0. The zero-order chi connectivity index (χ0) is 10.7. The van der Waals surface area contributed by atoms with Gasteiger partial charge in [0.15, 0.2) is 0 Å². The largest absolute Gasteiger partial charge is 0.469 e. The number of phosphoric ester groups is 1. The predicted octanol–water partition coefficient (Wildman–Crippen LogP) is 2.46. The molecule has 0 aromatic heterocycles. The van der Waals surface area contributed by atoms with Crippen LogP contribution >= 0.6 is 54.2 Å². The molecule has 1 atom stereocenters. The second-order valence-corrected chi connectivity index (χ2v) is 6.26. The normalized spacial score (nSPS) is 15.8. The molecule has 0 fully saturated rings. The zero-order valence-electron chi connectivity index (χ0n) is 6.16. The van der Waals surface area contributed by atoms with E-state index in [9.17, 15) is 4.57 Å². The van der Waals surface area contributed by atoms with Gasteiger partial charge in [-0.05, 0) is 6.42 Å². The zero-order valence-corrected chi connectivity index (χ0v) is 10.1. The minimum atomic E-state index is -4.46. The molecular weight excluding hydrogens is 285 g/mol. The molecule has 13 heavy (non-hydrogen) atoms. The summed E-state index contributed by atoms with van der Waals surface area (Å²) in [4.78, 5) is 16.6. The Bertz CT molecular complexity index is 199. The number of halogens is 4. The van der Waals surface area contributed by atoms with Crippen LogP contribution in [0.15, 0.2) is 0 Å². The van der Waals surface area contributed by atoms with E-state index in [0.29, 0.717) is 0 Å². The first kappa shape index (κ1) is 14.3. The molecule has 0 rings (SSSR count). The lowest BCUT2D eigenvalue weighted by Gasteiger charge is -2.17. The Morgan fingerprint density at radius 1 is 1.38 bits per heavy atom. The van der Waals surface area contributed by atoms with Crippen molar-refractivity contribution in [2.45, 2.75) is 15.6 Å². The third-order valence-corrected chi connectivity index (χ3v) is 3.18. The van der Waals surface area contributed by atoms with Crippen molar-refractivity contribution in [2.24, 2.45) is 0 Å². The second-order valence-electron chi connectivity index (χ2n) is 2.12. The SMILES string of the molecule is O=P(O)(O)OCCC(Cl)C(Cl)(Cl)Cl. The van der Waals surface area contributed by atoms with Crippen LogP contribution in [0.1, 0.15) is 6.42 Å². The van der Waals surface area contributed by atoms with Crippen LogP contribution in [0.3, 0.4) is 0 Å². The summed E-state index contributed by atoms with van der Waals surface area (Å²) < 4.78 is 12.6. The fourth-order valence-electron chi connectivity index (χ4n) is 0.439. The van der Waals surface area contributed by atoms with Gasteiger partial charge in [0, 0.05) is 0 Å². The summed E-state index contributed by atoms with van der Waals surface area (Å²) in [5.41, 5.74) is 0. The summed E-state index contributed by atoms with van der Waals surface area (Å²) in [7, 11) is -4.46. The molecule has 0 aliphatic heterocycles. The number of hydrogen-bond acceptors (Lipinski definition) is 2. The van der Waals surface area contributed by atoms with Gasteiger partial charge in [0.05, 0.1) is 12.0 Å². The maximum absolute atomic E-state index is 10.2. The van der Waals surface area contributed by atoms with Gasteiger partial charge in [0.2, 0.25) is 3.79 Å². The molecule has 9 heteroatoms. The molecule has 2 N–H and O–H groups in total. The highest BCUT2D eigenvalue weighted by Gasteiger charge is 2.31. The minimum Gasteiger partial charge on any atom is -0.303 e. The van der Waals surface area contributed by atoms with Crippen molar-refractivity contribution in [1.29, 1.82) is 0 Å². The van der Waals surface area contributed by atoms with E-state index in [1.807, 2.05) is 0 Å². The standard InChI is InChI=1S/C4H7Cl4O4P/c5-3(4(6,7)8)1-2-12-13(9,10)11/h3H,1-2H2,(H2,9,10,11). The van der Waals surface area contributed by atoms with Crippen molar-refractivity contribution in [3.63, 3.8) is 0 Å². The van der Waals surface area contributed by atoms with Crippen molar-refractivity contribution in [3.05, 3.63) is 0 Å². The van der Waals surface area contributed by atoms with E-state index < -0.39 is 17.0 Å². The molecule has 0 saturated heterocycles. The van der Waals surface area contributed by atoms with Crippen LogP contribution in [-0.4, -0.2) is 25.6 Å². The highest BCUT2D eigenvalue weighted by Crippen LogP contribution is 2.39. The van der Waals surface area contributed by atoms with Crippen molar-refractivity contribution < 1.29 is 18.9 Å². The molecule has 80 valence electrons. The monoisotopic (exact) mass is 290 g/mol. The molecule has 0 heterocycles. The van der Waals surface area contributed by atoms with Crippen LogP contribution in [-0.2, 0) is 9.09 Å². The van der Waals surface area contributed by atoms with E-state index in [2.05, 4.69) is 4.52 Å². The molecule has 1 unspecified atom stereocenters. The minimum absolute atomic E-state index is 0.0309. The second kappa shape index (κ2) is 5.38. The van der Waals surface area contributed by atoms with Crippen LogP contribution < -0.4 is 0 Å². The molecular formula is C4H7Cl4O4P. The number of alkyl halides is 4. The molecule has 0 aromatic carbocycles. The van der Waals surface area contributed by atoms with Crippen molar-refractivity contribution in [1.82, 2.24) is 0 Å². The highest BCUT2D eigenvalue weighted by molar-refractivity contribution is 7.46. The van der Waals surface area contributed by atoms with Crippen LogP contribution in [0.4, 0.5) is 0 Å². The maximum Gasteiger partial charge on any atom is 0.469 e. The topological polar surface area (TPSA) is 66.8 Å². The summed E-state index contributed by atoms with van der Waals surface area (Å²) in [5, 5.41) is -0.857. The van der Waals surface area contributed by atoms with E-state index in [4.69, 9.17) is 56.2 Å². The van der Waals surface area contributed by atoms with Crippen LogP contribution in [0.25, 0.3) is 0 Å². The first-order chi connectivity index (χ1) is 5.63. The smallest absolute Gasteiger partial charge is 0.303 e. The third kappa shape index (κ3) is 8.28. The number of rotatable bonds is 4. The first-order valence-corrected chi connectivity index (χ1v) is 6.14. The van der Waals surface area contributed by atoms with Crippen LogP contribution in [0, 0.1) is 0 Å². The van der Waals surface area contributed by atoms with Crippen LogP contribution in [0.5, 0.6) is 0 Å². The van der Waals surface area contributed by atoms with E-state index >= 15 is 0 Å². The highest BCUT2D eigenvalue weighted by atomic mass is 35.6. The van der Waals surface area contributed by atoms with Crippen molar-refractivity contribution in [3.8, 4) is 0 Å². The molecule has 0 aliphatic rings. The van der Waals surface area contributed by atoms with Gasteiger partial charge >= 0.3 is 7.82 Å². The fourth-order valence-corrected chi connectivity index (χ4v) is 1.20. The first-order valence-electron chi connectivity index (χ1n) is 3.04. The Kier molecular flexibility index (Phi) is 5.91. The molecule has 0 aromatic rings. The molecule has 0 radical (unpaired) electrons. The van der Waals surface area contributed by atoms with E-state index in [-0.39, 0.29) is 13.0 Å². The molecule has 0 saturated carbocycles. The lowest BCUT2D eigenvalue weighted by molar-refractivity contribution is 0.194. The quantitative estimate of drug-likeness (QED) is 0.617. The van der Waals surface area contributed by atoms with Gasteiger partial charge in [-0.3, -0.25) is 4.52 Å². The predicted molar refractivity (Wildman–Crippen MR) is 52.5 cm³/mol. The van der Waals surface area contributed by atoms with Gasteiger partial charge in [-0.2, -0.15) is 0 Å². The van der Waals surface area contributed by atoms with Gasteiger partial charge in [0.1, 0.15) is 0 Å². The third-order valence-electron chi connectivity index (χ3n) is 0.986. The maximum atomic E-state index is 10.2. The molecule has 0 spiro atoms. The molecule has 0 aliphatic carbocycles. The Morgan fingerprint density at radius 2 is 1.85 bits per heavy atom. The van der Waals surface area contributed by atoms with Gasteiger partial charge < -0.3 is 9.79 Å². The average molecular weight is 292 g/mol. The van der Waals surface area contributed by atoms with Gasteiger partial charge in [-0.25, -0.2) is 4.57 Å². The summed E-state index contributed by atoms with van der Waals surface area (Å²) in [6.07, 6.45) is 0.0309. The Hall–Kier alpha value is 1.27. The van der Waals surface area contributed by atoms with Crippen molar-refractivity contribution in [2.75, 3.05) is 6.61 Å². The average Bonchev–Trinajstić information content (AvgIpc) is 1.82. The van der Waals surface area contributed by atoms with Gasteiger partial charge in [0.25, 0.3) is 0 Å². The number of phosphoric acid groups is 1. The lowest BCUT2D eigenvalue weighted by atomic mass is 10.3. The number of hydrogen-bond donors (Lipinski definition) is 2. The Balaban J connectivity index is 3.73.